The molecule has 1 aromatic rings. The molecule has 0 bridgehead atoms. The van der Waals surface area contributed by atoms with E-state index in [9.17, 15) is 4.79 Å². The van der Waals surface area contributed by atoms with E-state index in [0.29, 0.717) is 12.4 Å². The first kappa shape index (κ1) is 13.7. The summed E-state index contributed by atoms with van der Waals surface area (Å²) in [4.78, 5) is 22.0. The maximum atomic E-state index is 12.4. The van der Waals surface area contributed by atoms with E-state index < -0.39 is 0 Å². The molecule has 0 aromatic carbocycles. The molecule has 0 spiro atoms. The third-order valence-corrected chi connectivity index (χ3v) is 3.51. The van der Waals surface area contributed by atoms with Gasteiger partial charge in [0.1, 0.15) is 11.5 Å². The van der Waals surface area contributed by atoms with Crippen molar-refractivity contribution >= 4 is 11.7 Å². The molecule has 0 aliphatic heterocycles. The van der Waals surface area contributed by atoms with Gasteiger partial charge in [-0.15, -0.1) is 0 Å². The molecule has 1 saturated carbocycles. The van der Waals surface area contributed by atoms with Crippen LogP contribution in [0.2, 0.25) is 0 Å². The Bertz CT molecular complexity index is 415. The van der Waals surface area contributed by atoms with E-state index in [1.807, 2.05) is 0 Å². The number of anilines is 1. The van der Waals surface area contributed by atoms with Gasteiger partial charge in [0.2, 0.25) is 0 Å². The fraction of sp³-hybridized carbons (Fsp3) is 0.615. The Labute approximate surface area is 112 Å². The maximum Gasteiger partial charge on any atom is 0.274 e. The van der Waals surface area contributed by atoms with Gasteiger partial charge in [-0.05, 0) is 12.8 Å². The quantitative estimate of drug-likeness (QED) is 0.840. The molecule has 1 aromatic heterocycles. The maximum absolute atomic E-state index is 12.4. The van der Waals surface area contributed by atoms with Gasteiger partial charge in [-0.3, -0.25) is 4.79 Å². The van der Waals surface area contributed by atoms with Crippen LogP contribution >= 0.6 is 0 Å². The fourth-order valence-electron chi connectivity index (χ4n) is 2.55. The highest BCUT2D eigenvalue weighted by Gasteiger charge is 2.26. The minimum absolute atomic E-state index is 0.0371. The fourth-order valence-corrected chi connectivity index (χ4v) is 2.55. The van der Waals surface area contributed by atoms with Crippen molar-refractivity contribution in [2.24, 2.45) is 0 Å². The molecule has 6 heteroatoms. The second-order valence-corrected chi connectivity index (χ2v) is 4.84. The van der Waals surface area contributed by atoms with Crippen LogP contribution < -0.4 is 5.73 Å². The highest BCUT2D eigenvalue weighted by atomic mass is 16.3. The van der Waals surface area contributed by atoms with E-state index in [4.69, 9.17) is 10.8 Å². The van der Waals surface area contributed by atoms with Crippen LogP contribution in [0.5, 0.6) is 0 Å². The Balaban J connectivity index is 2.13. The number of nitrogens with zero attached hydrogens (tertiary/aromatic N) is 3. The van der Waals surface area contributed by atoms with E-state index in [1.54, 1.807) is 4.90 Å². The molecule has 0 saturated heterocycles. The molecule has 19 heavy (non-hydrogen) atoms. The second-order valence-electron chi connectivity index (χ2n) is 4.84. The second kappa shape index (κ2) is 6.47. The van der Waals surface area contributed by atoms with Gasteiger partial charge in [-0.1, -0.05) is 19.3 Å². The Morgan fingerprint density at radius 1 is 1.32 bits per heavy atom. The zero-order valence-electron chi connectivity index (χ0n) is 11.0. The summed E-state index contributed by atoms with van der Waals surface area (Å²) in [5.41, 5.74) is 5.75. The predicted octanol–water partition coefficient (Wildman–Crippen LogP) is 0.826. The number of carbonyl (C=O) groups excluding carboxylic acids is 1. The highest BCUT2D eigenvalue weighted by Crippen LogP contribution is 2.23. The van der Waals surface area contributed by atoms with Crippen molar-refractivity contribution in [3.63, 3.8) is 0 Å². The summed E-state index contributed by atoms with van der Waals surface area (Å²) in [7, 11) is 0. The first-order chi connectivity index (χ1) is 9.22. The van der Waals surface area contributed by atoms with Crippen LogP contribution in [-0.4, -0.2) is 45.1 Å². The van der Waals surface area contributed by atoms with Crippen molar-refractivity contribution in [3.8, 4) is 0 Å². The van der Waals surface area contributed by atoms with Crippen LogP contribution in [0.1, 0.15) is 42.6 Å². The normalized spacial score (nSPS) is 16.3. The van der Waals surface area contributed by atoms with Gasteiger partial charge in [0, 0.05) is 12.6 Å². The summed E-state index contributed by atoms with van der Waals surface area (Å²) < 4.78 is 0. The van der Waals surface area contributed by atoms with Gasteiger partial charge in [0.25, 0.3) is 5.91 Å². The standard InChI is InChI=1S/C13H20N4O2/c14-12-9-15-11(8-16-12)13(19)17(6-7-18)10-4-2-1-3-5-10/h8-10,18H,1-7H2,(H2,14,16). The third kappa shape index (κ3) is 3.41. The highest BCUT2D eigenvalue weighted by molar-refractivity contribution is 5.92. The predicted molar refractivity (Wildman–Crippen MR) is 71.4 cm³/mol. The lowest BCUT2D eigenvalue weighted by Gasteiger charge is -2.33. The van der Waals surface area contributed by atoms with Gasteiger partial charge in [0.05, 0.1) is 19.0 Å². The number of amides is 1. The average Bonchev–Trinajstić information content (AvgIpc) is 2.46. The van der Waals surface area contributed by atoms with Crippen molar-refractivity contribution in [2.45, 2.75) is 38.1 Å². The Morgan fingerprint density at radius 2 is 2.05 bits per heavy atom. The molecule has 3 N–H and O–H groups in total. The molecule has 0 unspecified atom stereocenters. The summed E-state index contributed by atoms with van der Waals surface area (Å²) in [5, 5.41) is 9.16. The molecule has 1 heterocycles. The van der Waals surface area contributed by atoms with Crippen LogP contribution in [0.3, 0.4) is 0 Å². The van der Waals surface area contributed by atoms with Crippen LogP contribution in [0.25, 0.3) is 0 Å². The van der Waals surface area contributed by atoms with Gasteiger partial charge in [0.15, 0.2) is 0 Å². The van der Waals surface area contributed by atoms with Crippen molar-refractivity contribution in [1.82, 2.24) is 14.9 Å². The van der Waals surface area contributed by atoms with Gasteiger partial charge < -0.3 is 15.7 Å². The zero-order chi connectivity index (χ0) is 13.7. The van der Waals surface area contributed by atoms with Crippen LogP contribution in [-0.2, 0) is 0 Å². The molecule has 1 amide bonds. The number of aromatic nitrogens is 2. The van der Waals surface area contributed by atoms with Crippen LogP contribution in [0, 0.1) is 0 Å². The number of nitrogen functional groups attached to an aromatic ring is 1. The zero-order valence-corrected chi connectivity index (χ0v) is 11.0. The number of hydrogen-bond donors (Lipinski definition) is 2. The lowest BCUT2D eigenvalue weighted by Crippen LogP contribution is -2.43. The summed E-state index contributed by atoms with van der Waals surface area (Å²) in [6.07, 6.45) is 8.25. The molecular formula is C13H20N4O2. The number of aliphatic hydroxyl groups is 1. The molecule has 104 valence electrons. The van der Waals surface area contributed by atoms with Crippen molar-refractivity contribution in [3.05, 3.63) is 18.1 Å². The van der Waals surface area contributed by atoms with E-state index in [1.165, 1.54) is 18.8 Å². The SMILES string of the molecule is Nc1cnc(C(=O)N(CCO)C2CCCCC2)cn1. The molecule has 1 aliphatic carbocycles. The molecule has 1 fully saturated rings. The van der Waals surface area contributed by atoms with Crippen LogP contribution in [0.4, 0.5) is 5.82 Å². The number of hydrogen-bond acceptors (Lipinski definition) is 5. The Morgan fingerprint density at radius 3 is 2.63 bits per heavy atom. The molecule has 0 radical (unpaired) electrons. The van der Waals surface area contributed by atoms with Gasteiger partial charge in [-0.2, -0.15) is 0 Å². The minimum atomic E-state index is -0.173. The molecule has 0 atom stereocenters. The van der Waals surface area contributed by atoms with E-state index in [2.05, 4.69) is 9.97 Å². The number of carbonyl (C=O) groups is 1. The Hall–Kier alpha value is -1.69. The molecular weight excluding hydrogens is 244 g/mol. The number of rotatable bonds is 4. The number of aliphatic hydroxyl groups excluding tert-OH is 1. The topological polar surface area (TPSA) is 92.3 Å². The summed E-state index contributed by atoms with van der Waals surface area (Å²) in [6.45, 7) is 0.306. The van der Waals surface area contributed by atoms with Gasteiger partial charge >= 0.3 is 0 Å². The summed E-state index contributed by atoms with van der Waals surface area (Å²) in [6, 6.07) is 0.202. The largest absolute Gasteiger partial charge is 0.395 e. The van der Waals surface area contributed by atoms with E-state index in [-0.39, 0.29) is 24.2 Å². The lowest BCUT2D eigenvalue weighted by atomic mass is 9.94. The number of nitrogens with two attached hydrogens (primary N) is 1. The molecule has 6 nitrogen and oxygen atoms in total. The average molecular weight is 264 g/mol. The summed E-state index contributed by atoms with van der Waals surface area (Å²) in [5.74, 6) is 0.122. The van der Waals surface area contributed by atoms with Gasteiger partial charge in [-0.25, -0.2) is 9.97 Å². The molecule has 2 rings (SSSR count). The molecule has 1 aliphatic rings. The Kier molecular flexibility index (Phi) is 4.68. The van der Waals surface area contributed by atoms with E-state index >= 15 is 0 Å². The minimum Gasteiger partial charge on any atom is -0.395 e. The monoisotopic (exact) mass is 264 g/mol. The first-order valence-electron chi connectivity index (χ1n) is 6.71. The summed E-state index contributed by atoms with van der Waals surface area (Å²) >= 11 is 0. The van der Waals surface area contributed by atoms with Crippen molar-refractivity contribution < 1.29 is 9.90 Å². The van der Waals surface area contributed by atoms with Crippen LogP contribution in [0.15, 0.2) is 12.4 Å². The van der Waals surface area contributed by atoms with E-state index in [0.717, 1.165) is 25.7 Å². The smallest absolute Gasteiger partial charge is 0.274 e. The first-order valence-corrected chi connectivity index (χ1v) is 6.71. The third-order valence-electron chi connectivity index (χ3n) is 3.51. The van der Waals surface area contributed by atoms with Crippen molar-refractivity contribution in [2.75, 3.05) is 18.9 Å². The lowest BCUT2D eigenvalue weighted by molar-refractivity contribution is 0.0579. The van der Waals surface area contributed by atoms with Crippen molar-refractivity contribution in [1.29, 1.82) is 0 Å².